The molecule has 0 spiro atoms. The van der Waals surface area contributed by atoms with Crippen molar-refractivity contribution in [2.24, 2.45) is 0 Å². The van der Waals surface area contributed by atoms with Crippen molar-refractivity contribution in [3.05, 3.63) is 33.8 Å². The number of nitrogens with zero attached hydrogens (tertiary/aromatic N) is 1. The lowest BCUT2D eigenvalue weighted by Gasteiger charge is -2.32. The summed E-state index contributed by atoms with van der Waals surface area (Å²) in [5.74, 6) is 0.133. The fourth-order valence-corrected chi connectivity index (χ4v) is 3.76. The minimum absolute atomic E-state index is 0.145. The Morgan fingerprint density at radius 2 is 2.14 bits per heavy atom. The molecule has 2 rings (SSSR count). The molecule has 7 heteroatoms. The molecule has 0 bridgehead atoms. The lowest BCUT2D eigenvalue weighted by molar-refractivity contribution is -0.149. The van der Waals surface area contributed by atoms with Crippen LogP contribution in [0.2, 0.25) is 10.0 Å². The van der Waals surface area contributed by atoms with Gasteiger partial charge in [0.25, 0.3) is 0 Å². The minimum atomic E-state index is -0.944. The van der Waals surface area contributed by atoms with Crippen LogP contribution in [0.25, 0.3) is 0 Å². The largest absolute Gasteiger partial charge is 0.480 e. The molecule has 4 nitrogen and oxygen atoms in total. The van der Waals surface area contributed by atoms with Crippen molar-refractivity contribution in [3.63, 3.8) is 0 Å². The van der Waals surface area contributed by atoms with E-state index in [-0.39, 0.29) is 12.3 Å². The molecule has 1 amide bonds. The van der Waals surface area contributed by atoms with Crippen LogP contribution >= 0.6 is 35.0 Å². The lowest BCUT2D eigenvalue weighted by atomic mass is 10.1. The van der Waals surface area contributed by atoms with Crippen LogP contribution in [0, 0.1) is 0 Å². The van der Waals surface area contributed by atoms with Gasteiger partial charge in [0.2, 0.25) is 5.91 Å². The Hall–Kier alpha value is -0.910. The molecule has 1 N–H and O–H groups in total. The number of aliphatic carboxylic acids is 1. The molecule has 114 valence electrons. The summed E-state index contributed by atoms with van der Waals surface area (Å²) in [5.41, 5.74) is 0.840. The van der Waals surface area contributed by atoms with Gasteiger partial charge in [-0.1, -0.05) is 29.3 Å². The fourth-order valence-electron chi connectivity index (χ4n) is 2.22. The van der Waals surface area contributed by atoms with Crippen molar-refractivity contribution >= 4 is 46.8 Å². The van der Waals surface area contributed by atoms with E-state index in [1.54, 1.807) is 30.0 Å². The number of carboxylic acids is 1. The number of halogens is 2. The summed E-state index contributed by atoms with van der Waals surface area (Å²) in [6.45, 7) is 0.481. The molecular formula is C14H15Cl2NO3S. The number of thioether (sulfide) groups is 1. The summed E-state index contributed by atoms with van der Waals surface area (Å²) in [5, 5.41) is 10.3. The summed E-state index contributed by atoms with van der Waals surface area (Å²) < 4.78 is 0. The SMILES string of the molecule is O=C(O)C1CSCCN1C(=O)CCc1ccc(Cl)cc1Cl. The van der Waals surface area contributed by atoms with Gasteiger partial charge in [0.1, 0.15) is 6.04 Å². The van der Waals surface area contributed by atoms with Gasteiger partial charge in [-0.3, -0.25) is 4.79 Å². The highest BCUT2D eigenvalue weighted by Gasteiger charge is 2.31. The van der Waals surface area contributed by atoms with Crippen molar-refractivity contribution < 1.29 is 14.7 Å². The maximum atomic E-state index is 12.2. The van der Waals surface area contributed by atoms with Crippen molar-refractivity contribution in [2.75, 3.05) is 18.1 Å². The van der Waals surface area contributed by atoms with E-state index in [0.717, 1.165) is 11.3 Å². The Kier molecular flexibility index (Phi) is 5.79. The van der Waals surface area contributed by atoms with Gasteiger partial charge >= 0.3 is 5.97 Å². The van der Waals surface area contributed by atoms with E-state index < -0.39 is 12.0 Å². The predicted molar refractivity (Wildman–Crippen MR) is 85.2 cm³/mol. The molecule has 1 aromatic rings. The molecule has 1 atom stereocenters. The summed E-state index contributed by atoms with van der Waals surface area (Å²) in [4.78, 5) is 24.9. The Morgan fingerprint density at radius 3 is 2.81 bits per heavy atom. The quantitative estimate of drug-likeness (QED) is 0.909. The molecule has 0 saturated carbocycles. The second-order valence-corrected chi connectivity index (χ2v) is 6.75. The first-order valence-electron chi connectivity index (χ1n) is 6.53. The first-order chi connectivity index (χ1) is 9.99. The van der Waals surface area contributed by atoms with Crippen molar-refractivity contribution in [3.8, 4) is 0 Å². The molecule has 0 aromatic heterocycles. The molecular weight excluding hydrogens is 333 g/mol. The molecule has 0 aliphatic carbocycles. The van der Waals surface area contributed by atoms with E-state index in [9.17, 15) is 14.7 Å². The molecule has 1 aliphatic heterocycles. The van der Waals surface area contributed by atoms with Crippen LogP contribution in [-0.4, -0.2) is 46.0 Å². The Morgan fingerprint density at radius 1 is 1.38 bits per heavy atom. The van der Waals surface area contributed by atoms with Crippen LogP contribution < -0.4 is 0 Å². The number of benzene rings is 1. The monoisotopic (exact) mass is 347 g/mol. The van der Waals surface area contributed by atoms with E-state index in [1.165, 1.54) is 4.90 Å². The third-order valence-corrected chi connectivity index (χ3v) is 4.97. The zero-order valence-electron chi connectivity index (χ0n) is 11.2. The number of hydrogen-bond donors (Lipinski definition) is 1. The van der Waals surface area contributed by atoms with Gasteiger partial charge in [-0.25, -0.2) is 4.79 Å². The average molecular weight is 348 g/mol. The van der Waals surface area contributed by atoms with E-state index in [1.807, 2.05) is 0 Å². The second-order valence-electron chi connectivity index (χ2n) is 4.75. The summed E-state index contributed by atoms with van der Waals surface area (Å²) >= 11 is 13.5. The number of rotatable bonds is 4. The molecule has 1 saturated heterocycles. The standard InChI is InChI=1S/C14H15Cl2NO3S/c15-10-3-1-9(11(16)7-10)2-4-13(18)17-5-6-21-8-12(17)14(19)20/h1,3,7,12H,2,4-6,8H2,(H,19,20). The molecule has 1 aromatic carbocycles. The highest BCUT2D eigenvalue weighted by molar-refractivity contribution is 7.99. The number of carbonyl (C=O) groups excluding carboxylic acids is 1. The summed E-state index contributed by atoms with van der Waals surface area (Å²) in [6.07, 6.45) is 0.723. The lowest BCUT2D eigenvalue weighted by Crippen LogP contribution is -2.50. The van der Waals surface area contributed by atoms with E-state index >= 15 is 0 Å². The molecule has 1 aliphatic rings. The summed E-state index contributed by atoms with van der Waals surface area (Å²) in [7, 11) is 0. The number of carboxylic acid groups (broad SMARTS) is 1. The van der Waals surface area contributed by atoms with Gasteiger partial charge in [0.15, 0.2) is 0 Å². The first kappa shape index (κ1) is 16.5. The van der Waals surface area contributed by atoms with Gasteiger partial charge in [0.05, 0.1) is 0 Å². The fraction of sp³-hybridized carbons (Fsp3) is 0.429. The Bertz CT molecular complexity index is 553. The number of carbonyl (C=O) groups is 2. The zero-order chi connectivity index (χ0) is 15.4. The third kappa shape index (κ3) is 4.28. The maximum absolute atomic E-state index is 12.2. The smallest absolute Gasteiger partial charge is 0.327 e. The van der Waals surface area contributed by atoms with Gasteiger partial charge in [0, 0.05) is 34.5 Å². The van der Waals surface area contributed by atoms with Crippen LogP contribution in [0.3, 0.4) is 0 Å². The molecule has 21 heavy (non-hydrogen) atoms. The van der Waals surface area contributed by atoms with Gasteiger partial charge in [-0.2, -0.15) is 11.8 Å². The number of aryl methyl sites for hydroxylation is 1. The Labute approximate surface area is 137 Å². The minimum Gasteiger partial charge on any atom is -0.480 e. The van der Waals surface area contributed by atoms with Crippen LogP contribution in [0.5, 0.6) is 0 Å². The maximum Gasteiger partial charge on any atom is 0.327 e. The predicted octanol–water partition coefficient (Wildman–Crippen LogP) is 2.95. The Balaban J connectivity index is 1.98. The highest BCUT2D eigenvalue weighted by atomic mass is 35.5. The van der Waals surface area contributed by atoms with Crippen LogP contribution in [0.4, 0.5) is 0 Å². The first-order valence-corrected chi connectivity index (χ1v) is 8.44. The highest BCUT2D eigenvalue weighted by Crippen LogP contribution is 2.23. The topological polar surface area (TPSA) is 57.6 Å². The van der Waals surface area contributed by atoms with Crippen molar-refractivity contribution in [1.29, 1.82) is 0 Å². The summed E-state index contributed by atoms with van der Waals surface area (Å²) in [6, 6.07) is 4.43. The average Bonchev–Trinajstić information content (AvgIpc) is 2.46. The number of hydrogen-bond acceptors (Lipinski definition) is 3. The molecule has 1 fully saturated rings. The normalized spacial score (nSPS) is 18.6. The number of amides is 1. The van der Waals surface area contributed by atoms with Gasteiger partial charge in [-0.05, 0) is 24.1 Å². The van der Waals surface area contributed by atoms with E-state index in [2.05, 4.69) is 0 Å². The van der Waals surface area contributed by atoms with Crippen molar-refractivity contribution in [2.45, 2.75) is 18.9 Å². The zero-order valence-corrected chi connectivity index (χ0v) is 13.5. The third-order valence-electron chi connectivity index (χ3n) is 3.36. The van der Waals surface area contributed by atoms with Crippen molar-refractivity contribution in [1.82, 2.24) is 4.90 Å². The van der Waals surface area contributed by atoms with Crippen LogP contribution in [-0.2, 0) is 16.0 Å². The van der Waals surface area contributed by atoms with Gasteiger partial charge in [-0.15, -0.1) is 0 Å². The van der Waals surface area contributed by atoms with E-state index in [0.29, 0.717) is 28.8 Å². The molecule has 1 heterocycles. The van der Waals surface area contributed by atoms with E-state index in [4.69, 9.17) is 23.2 Å². The second kappa shape index (κ2) is 7.38. The molecule has 0 radical (unpaired) electrons. The van der Waals surface area contributed by atoms with Gasteiger partial charge < -0.3 is 10.0 Å². The molecule has 1 unspecified atom stereocenters. The van der Waals surface area contributed by atoms with Crippen LogP contribution in [0.1, 0.15) is 12.0 Å². The van der Waals surface area contributed by atoms with Crippen LogP contribution in [0.15, 0.2) is 18.2 Å².